The minimum atomic E-state index is -3.26. The van der Waals surface area contributed by atoms with Crippen molar-refractivity contribution in [3.05, 3.63) is 59.7 Å². The van der Waals surface area contributed by atoms with Gasteiger partial charge in [0, 0.05) is 36.5 Å². The van der Waals surface area contributed by atoms with E-state index in [0.717, 1.165) is 30.4 Å². The number of halogens is 3. The number of nitrogens with one attached hydrogen (secondary N) is 3. The predicted octanol–water partition coefficient (Wildman–Crippen LogP) is 4.56. The standard InChI is InChI=1S/C22H18F3N5O/c1-22(24,25)16-8-12(31)2-3-13(16)14-4-5-15-19(18(14)23)29-30-20(15)21-27-10-17(28-21)11-6-7-26-9-11/h2-6,8,10,26,31H,7,9H2,1H3,(H,27,28)(H,29,30). The number of hydrogen-bond donors (Lipinski definition) is 4. The van der Waals surface area contributed by atoms with Crippen LogP contribution < -0.4 is 5.32 Å². The molecule has 2 aromatic heterocycles. The van der Waals surface area contributed by atoms with Crippen LogP contribution in [-0.4, -0.2) is 38.4 Å². The van der Waals surface area contributed by atoms with Crippen molar-refractivity contribution in [2.24, 2.45) is 0 Å². The summed E-state index contributed by atoms with van der Waals surface area (Å²) in [6.07, 6.45) is 3.77. The van der Waals surface area contributed by atoms with Crippen LogP contribution in [0.15, 0.2) is 42.6 Å². The second kappa shape index (κ2) is 6.98. The first-order chi connectivity index (χ1) is 14.8. The molecule has 0 saturated carbocycles. The zero-order valence-corrected chi connectivity index (χ0v) is 16.4. The number of imidazole rings is 1. The van der Waals surface area contributed by atoms with Gasteiger partial charge in [0.25, 0.3) is 5.92 Å². The summed E-state index contributed by atoms with van der Waals surface area (Å²) in [6, 6.07) is 6.54. The highest BCUT2D eigenvalue weighted by Crippen LogP contribution is 2.40. The Hall–Kier alpha value is -3.59. The summed E-state index contributed by atoms with van der Waals surface area (Å²) in [5, 5.41) is 20.2. The first-order valence-corrected chi connectivity index (χ1v) is 9.66. The highest BCUT2D eigenvalue weighted by atomic mass is 19.3. The van der Waals surface area contributed by atoms with Gasteiger partial charge in [0.1, 0.15) is 17.0 Å². The lowest BCUT2D eigenvalue weighted by molar-refractivity contribution is 0.0178. The molecule has 2 aromatic carbocycles. The van der Waals surface area contributed by atoms with Crippen molar-refractivity contribution in [1.29, 1.82) is 0 Å². The quantitative estimate of drug-likeness (QED) is 0.386. The molecule has 0 saturated heterocycles. The summed E-state index contributed by atoms with van der Waals surface area (Å²) in [7, 11) is 0. The third-order valence-corrected chi connectivity index (χ3v) is 5.40. The molecule has 0 bridgehead atoms. The van der Waals surface area contributed by atoms with E-state index in [4.69, 9.17) is 0 Å². The number of aromatic nitrogens is 4. The van der Waals surface area contributed by atoms with Crippen molar-refractivity contribution >= 4 is 16.5 Å². The largest absolute Gasteiger partial charge is 0.508 e. The van der Waals surface area contributed by atoms with Gasteiger partial charge in [0.15, 0.2) is 11.6 Å². The third kappa shape index (κ3) is 3.27. The van der Waals surface area contributed by atoms with Crippen LogP contribution in [0.3, 0.4) is 0 Å². The number of phenols is 1. The minimum absolute atomic E-state index is 0.00444. The topological polar surface area (TPSA) is 89.6 Å². The average Bonchev–Trinajstić information content (AvgIpc) is 3.47. The summed E-state index contributed by atoms with van der Waals surface area (Å²) < 4.78 is 43.6. The van der Waals surface area contributed by atoms with Crippen LogP contribution in [0.4, 0.5) is 13.2 Å². The fourth-order valence-electron chi connectivity index (χ4n) is 3.86. The second-order valence-corrected chi connectivity index (χ2v) is 7.55. The Morgan fingerprint density at radius 1 is 1.13 bits per heavy atom. The minimum Gasteiger partial charge on any atom is -0.508 e. The predicted molar refractivity (Wildman–Crippen MR) is 111 cm³/mol. The van der Waals surface area contributed by atoms with E-state index >= 15 is 4.39 Å². The van der Waals surface area contributed by atoms with E-state index in [0.29, 0.717) is 23.8 Å². The van der Waals surface area contributed by atoms with Crippen molar-refractivity contribution in [2.45, 2.75) is 12.8 Å². The zero-order valence-electron chi connectivity index (χ0n) is 16.4. The van der Waals surface area contributed by atoms with Crippen molar-refractivity contribution < 1.29 is 18.3 Å². The van der Waals surface area contributed by atoms with Crippen molar-refractivity contribution in [1.82, 2.24) is 25.5 Å². The lowest BCUT2D eigenvalue weighted by Gasteiger charge is -2.17. The van der Waals surface area contributed by atoms with E-state index in [1.54, 1.807) is 12.3 Å². The number of phenolic OH excluding ortho intramolecular Hbond substituents is 1. The molecule has 0 spiro atoms. The number of fused-ring (bicyclic) bond motifs is 1. The molecule has 0 unspecified atom stereocenters. The number of benzene rings is 2. The molecule has 158 valence electrons. The van der Waals surface area contributed by atoms with Gasteiger partial charge in [-0.3, -0.25) is 5.10 Å². The molecule has 0 amide bonds. The van der Waals surface area contributed by atoms with Gasteiger partial charge in [0.05, 0.1) is 11.9 Å². The number of hydrogen-bond acceptors (Lipinski definition) is 4. The zero-order chi connectivity index (χ0) is 21.8. The van der Waals surface area contributed by atoms with Gasteiger partial charge in [-0.15, -0.1) is 0 Å². The average molecular weight is 425 g/mol. The Kier molecular flexibility index (Phi) is 4.37. The molecule has 1 aliphatic heterocycles. The maximum atomic E-state index is 15.4. The summed E-state index contributed by atoms with van der Waals surface area (Å²) in [5.74, 6) is -3.81. The Morgan fingerprint density at radius 2 is 1.94 bits per heavy atom. The maximum Gasteiger partial charge on any atom is 0.271 e. The molecule has 9 heteroatoms. The first kappa shape index (κ1) is 19.4. The molecule has 0 aliphatic carbocycles. The summed E-state index contributed by atoms with van der Waals surface area (Å²) >= 11 is 0. The van der Waals surface area contributed by atoms with Crippen molar-refractivity contribution in [3.8, 4) is 28.4 Å². The Balaban J connectivity index is 1.61. The van der Waals surface area contributed by atoms with Gasteiger partial charge in [-0.2, -0.15) is 5.10 Å². The Morgan fingerprint density at radius 3 is 2.68 bits per heavy atom. The first-order valence-electron chi connectivity index (χ1n) is 9.66. The molecule has 0 atom stereocenters. The smallest absolute Gasteiger partial charge is 0.271 e. The maximum absolute atomic E-state index is 15.4. The number of rotatable bonds is 4. The van der Waals surface area contributed by atoms with Crippen LogP contribution >= 0.6 is 0 Å². The molecule has 6 nitrogen and oxygen atoms in total. The lowest BCUT2D eigenvalue weighted by Crippen LogP contribution is -2.09. The monoisotopic (exact) mass is 425 g/mol. The van der Waals surface area contributed by atoms with E-state index in [1.807, 2.05) is 0 Å². The van der Waals surface area contributed by atoms with Crippen molar-refractivity contribution in [3.63, 3.8) is 0 Å². The van der Waals surface area contributed by atoms with Crippen LogP contribution in [0.2, 0.25) is 0 Å². The van der Waals surface area contributed by atoms with Gasteiger partial charge >= 0.3 is 0 Å². The number of nitrogens with zero attached hydrogens (tertiary/aromatic N) is 2. The number of aromatic amines is 2. The molecule has 4 N–H and O–H groups in total. The highest BCUT2D eigenvalue weighted by molar-refractivity contribution is 5.95. The van der Waals surface area contributed by atoms with E-state index in [-0.39, 0.29) is 22.4 Å². The van der Waals surface area contributed by atoms with Crippen LogP contribution in [-0.2, 0) is 5.92 Å². The molecule has 0 radical (unpaired) electrons. The van der Waals surface area contributed by atoms with Crippen LogP contribution in [0, 0.1) is 5.82 Å². The molecule has 0 fully saturated rings. The van der Waals surface area contributed by atoms with E-state index in [9.17, 15) is 13.9 Å². The highest BCUT2D eigenvalue weighted by Gasteiger charge is 2.30. The summed E-state index contributed by atoms with van der Waals surface area (Å²) in [6.45, 7) is 2.24. The van der Waals surface area contributed by atoms with Gasteiger partial charge in [-0.05, 0) is 29.3 Å². The molecule has 4 aromatic rings. The normalized spacial score (nSPS) is 14.4. The lowest BCUT2D eigenvalue weighted by atomic mass is 9.94. The van der Waals surface area contributed by atoms with Gasteiger partial charge in [-0.25, -0.2) is 18.2 Å². The molecule has 5 rings (SSSR count). The SMILES string of the molecule is CC(F)(F)c1cc(O)ccc1-c1ccc2c(-c3ncc(C4=CCNC4)[nH]3)[nH]nc2c1F. The van der Waals surface area contributed by atoms with Crippen LogP contribution in [0.1, 0.15) is 18.2 Å². The van der Waals surface area contributed by atoms with Gasteiger partial charge < -0.3 is 15.4 Å². The van der Waals surface area contributed by atoms with E-state index in [2.05, 4.69) is 31.6 Å². The number of H-pyrrole nitrogens is 2. The molecular weight excluding hydrogens is 407 g/mol. The molecule has 1 aliphatic rings. The number of aromatic hydroxyl groups is 1. The van der Waals surface area contributed by atoms with Crippen LogP contribution in [0.25, 0.3) is 39.1 Å². The Labute approximate surface area is 174 Å². The van der Waals surface area contributed by atoms with E-state index < -0.39 is 17.3 Å². The number of alkyl halides is 2. The van der Waals surface area contributed by atoms with Crippen LogP contribution in [0.5, 0.6) is 5.75 Å². The summed E-state index contributed by atoms with van der Waals surface area (Å²) in [4.78, 5) is 7.59. The van der Waals surface area contributed by atoms with Gasteiger partial charge in [0.2, 0.25) is 0 Å². The fourth-order valence-corrected chi connectivity index (χ4v) is 3.86. The van der Waals surface area contributed by atoms with Gasteiger partial charge in [-0.1, -0.05) is 18.2 Å². The molecule has 31 heavy (non-hydrogen) atoms. The second-order valence-electron chi connectivity index (χ2n) is 7.55. The molecule has 3 heterocycles. The Bertz CT molecular complexity index is 1330. The van der Waals surface area contributed by atoms with E-state index in [1.165, 1.54) is 18.2 Å². The fraction of sp³-hybridized carbons (Fsp3) is 0.182. The van der Waals surface area contributed by atoms with Crippen molar-refractivity contribution in [2.75, 3.05) is 13.1 Å². The molecular formula is C22H18F3N5O. The summed E-state index contributed by atoms with van der Waals surface area (Å²) in [5.41, 5.74) is 1.99. The third-order valence-electron chi connectivity index (χ3n) is 5.40.